The van der Waals surface area contributed by atoms with Crippen LogP contribution in [-0.4, -0.2) is 20.9 Å². The number of pyridine rings is 1. The van der Waals surface area contributed by atoms with Crippen LogP contribution in [0.25, 0.3) is 5.65 Å². The summed E-state index contributed by atoms with van der Waals surface area (Å²) in [6.45, 7) is 0.389. The molecule has 16 heavy (non-hydrogen) atoms. The molecular weight excluding hydrogens is 215 g/mol. The van der Waals surface area contributed by atoms with Crippen molar-refractivity contribution in [2.45, 2.75) is 6.42 Å². The van der Waals surface area contributed by atoms with Gasteiger partial charge in [0.1, 0.15) is 5.82 Å². The van der Waals surface area contributed by atoms with E-state index in [1.807, 2.05) is 0 Å². The molecule has 0 aliphatic heterocycles. The highest BCUT2D eigenvalue weighted by atomic mass is 19.1. The van der Waals surface area contributed by atoms with Crippen LogP contribution in [0.4, 0.5) is 10.1 Å². The van der Waals surface area contributed by atoms with Gasteiger partial charge in [0.2, 0.25) is 5.65 Å². The number of halogens is 1. The Labute approximate surface area is 89.7 Å². The first-order valence-electron chi connectivity index (χ1n) is 4.63. The van der Waals surface area contributed by atoms with Crippen LogP contribution in [0.1, 0.15) is 5.69 Å². The maximum Gasteiger partial charge on any atom is 0.315 e. The number of nitro groups is 1. The van der Waals surface area contributed by atoms with Crippen LogP contribution in [0.15, 0.2) is 18.5 Å². The molecule has 0 saturated heterocycles. The van der Waals surface area contributed by atoms with Gasteiger partial charge in [0.15, 0.2) is 0 Å². The van der Waals surface area contributed by atoms with Gasteiger partial charge < -0.3 is 5.73 Å². The molecule has 0 aromatic carbocycles. The van der Waals surface area contributed by atoms with Crippen molar-refractivity contribution in [1.82, 2.24) is 9.38 Å². The van der Waals surface area contributed by atoms with Crippen LogP contribution in [0.3, 0.4) is 0 Å². The average Bonchev–Trinajstić information content (AvgIpc) is 2.59. The van der Waals surface area contributed by atoms with E-state index in [4.69, 9.17) is 5.73 Å². The minimum atomic E-state index is -0.670. The number of rotatable bonds is 3. The highest BCUT2D eigenvalue weighted by molar-refractivity contribution is 5.59. The van der Waals surface area contributed by atoms with Crippen LogP contribution >= 0.6 is 0 Å². The van der Waals surface area contributed by atoms with Gasteiger partial charge in [-0.15, -0.1) is 0 Å². The third-order valence-corrected chi connectivity index (χ3v) is 2.15. The standard InChI is InChI=1S/C9H9FN4O2/c10-6-3-8(14(15)16)9-12-7(1-2-11)5-13(9)4-6/h3-5H,1-2,11H2. The van der Waals surface area contributed by atoms with E-state index in [-0.39, 0.29) is 11.3 Å². The maximum atomic E-state index is 13.1. The van der Waals surface area contributed by atoms with Gasteiger partial charge in [-0.1, -0.05) is 0 Å². The van der Waals surface area contributed by atoms with Crippen molar-refractivity contribution in [2.24, 2.45) is 5.73 Å². The lowest BCUT2D eigenvalue weighted by Gasteiger charge is -1.95. The highest BCUT2D eigenvalue weighted by Crippen LogP contribution is 2.20. The van der Waals surface area contributed by atoms with Gasteiger partial charge in [-0.05, 0) is 6.54 Å². The number of hydrogen-bond donors (Lipinski definition) is 1. The summed E-state index contributed by atoms with van der Waals surface area (Å²) in [5.74, 6) is -0.670. The summed E-state index contributed by atoms with van der Waals surface area (Å²) in [5.41, 5.74) is 5.75. The molecule has 2 aromatic rings. The van der Waals surface area contributed by atoms with E-state index >= 15 is 0 Å². The predicted molar refractivity (Wildman–Crippen MR) is 54.6 cm³/mol. The summed E-state index contributed by atoms with van der Waals surface area (Å²) >= 11 is 0. The van der Waals surface area contributed by atoms with E-state index < -0.39 is 10.7 Å². The second-order valence-corrected chi connectivity index (χ2v) is 3.30. The van der Waals surface area contributed by atoms with Gasteiger partial charge in [-0.2, -0.15) is 0 Å². The number of fused-ring (bicyclic) bond motifs is 1. The Hall–Kier alpha value is -2.02. The lowest BCUT2D eigenvalue weighted by Crippen LogP contribution is -2.02. The lowest BCUT2D eigenvalue weighted by molar-refractivity contribution is -0.383. The molecule has 84 valence electrons. The SMILES string of the molecule is NCCc1cn2cc(F)cc([N+](=O)[O-])c2n1. The Morgan fingerprint density at radius 1 is 1.56 bits per heavy atom. The second kappa shape index (κ2) is 3.86. The Kier molecular flexibility index (Phi) is 2.53. The van der Waals surface area contributed by atoms with E-state index in [0.29, 0.717) is 18.7 Å². The van der Waals surface area contributed by atoms with Crippen molar-refractivity contribution in [3.05, 3.63) is 40.1 Å². The number of imidazole rings is 1. The molecule has 2 N–H and O–H groups in total. The zero-order valence-electron chi connectivity index (χ0n) is 8.26. The molecule has 0 aliphatic carbocycles. The van der Waals surface area contributed by atoms with Crippen LogP contribution in [-0.2, 0) is 6.42 Å². The van der Waals surface area contributed by atoms with E-state index in [1.54, 1.807) is 0 Å². The van der Waals surface area contributed by atoms with E-state index in [2.05, 4.69) is 4.98 Å². The first-order chi connectivity index (χ1) is 7.61. The first kappa shape index (κ1) is 10.5. The average molecular weight is 224 g/mol. The van der Waals surface area contributed by atoms with Crippen molar-refractivity contribution in [3.8, 4) is 0 Å². The Balaban J connectivity index is 2.65. The molecule has 2 heterocycles. The summed E-state index contributed by atoms with van der Waals surface area (Å²) in [7, 11) is 0. The van der Waals surface area contributed by atoms with Crippen molar-refractivity contribution in [1.29, 1.82) is 0 Å². The normalized spacial score (nSPS) is 10.9. The molecule has 6 nitrogen and oxygen atoms in total. The molecule has 0 unspecified atom stereocenters. The molecule has 2 aromatic heterocycles. The topological polar surface area (TPSA) is 86.5 Å². The van der Waals surface area contributed by atoms with Gasteiger partial charge in [0.05, 0.1) is 16.7 Å². The molecule has 0 radical (unpaired) electrons. The monoisotopic (exact) mass is 224 g/mol. The van der Waals surface area contributed by atoms with E-state index in [1.165, 1.54) is 10.6 Å². The van der Waals surface area contributed by atoms with Crippen molar-refractivity contribution in [2.75, 3.05) is 6.54 Å². The summed E-state index contributed by atoms with van der Waals surface area (Å²) < 4.78 is 14.4. The quantitative estimate of drug-likeness (QED) is 0.619. The molecule has 0 spiro atoms. The summed E-state index contributed by atoms with van der Waals surface area (Å²) in [6, 6.07) is 0.856. The summed E-state index contributed by atoms with van der Waals surface area (Å²) in [5, 5.41) is 10.7. The number of aromatic nitrogens is 2. The van der Waals surface area contributed by atoms with E-state index in [9.17, 15) is 14.5 Å². The largest absolute Gasteiger partial charge is 0.330 e. The van der Waals surface area contributed by atoms with Crippen LogP contribution in [0.5, 0.6) is 0 Å². The number of nitrogens with zero attached hydrogens (tertiary/aromatic N) is 3. The smallest absolute Gasteiger partial charge is 0.315 e. The fourth-order valence-corrected chi connectivity index (χ4v) is 1.50. The molecule has 2 rings (SSSR count). The fourth-order valence-electron chi connectivity index (χ4n) is 1.50. The Morgan fingerprint density at radius 3 is 2.94 bits per heavy atom. The van der Waals surface area contributed by atoms with Gasteiger partial charge >= 0.3 is 5.69 Å². The van der Waals surface area contributed by atoms with Gasteiger partial charge in [-0.3, -0.25) is 14.5 Å². The van der Waals surface area contributed by atoms with E-state index in [0.717, 1.165) is 12.3 Å². The molecule has 0 fully saturated rings. The van der Waals surface area contributed by atoms with Crippen LogP contribution in [0, 0.1) is 15.9 Å². The maximum absolute atomic E-state index is 13.1. The van der Waals surface area contributed by atoms with Gasteiger partial charge in [-0.25, -0.2) is 9.37 Å². The molecule has 0 amide bonds. The number of hydrogen-bond acceptors (Lipinski definition) is 4. The molecule has 0 aliphatic rings. The summed E-state index contributed by atoms with van der Waals surface area (Å²) in [4.78, 5) is 14.1. The zero-order chi connectivity index (χ0) is 11.7. The van der Waals surface area contributed by atoms with Crippen LogP contribution in [0.2, 0.25) is 0 Å². The lowest BCUT2D eigenvalue weighted by atomic mass is 10.3. The predicted octanol–water partition coefficient (Wildman–Crippen LogP) is 0.883. The Morgan fingerprint density at radius 2 is 2.31 bits per heavy atom. The second-order valence-electron chi connectivity index (χ2n) is 3.30. The number of nitrogens with two attached hydrogens (primary N) is 1. The minimum absolute atomic E-state index is 0.134. The fraction of sp³-hybridized carbons (Fsp3) is 0.222. The molecule has 7 heteroatoms. The van der Waals surface area contributed by atoms with Crippen molar-refractivity contribution in [3.63, 3.8) is 0 Å². The van der Waals surface area contributed by atoms with Gasteiger partial charge in [0, 0.05) is 18.8 Å². The zero-order valence-corrected chi connectivity index (χ0v) is 8.26. The molecule has 0 saturated carbocycles. The van der Waals surface area contributed by atoms with Crippen LogP contribution < -0.4 is 5.73 Å². The highest BCUT2D eigenvalue weighted by Gasteiger charge is 2.17. The summed E-state index contributed by atoms with van der Waals surface area (Å²) in [6.07, 6.45) is 3.19. The minimum Gasteiger partial charge on any atom is -0.330 e. The molecular formula is C9H9FN4O2. The van der Waals surface area contributed by atoms with Crippen molar-refractivity contribution >= 4 is 11.3 Å². The molecule has 0 atom stereocenters. The van der Waals surface area contributed by atoms with Gasteiger partial charge in [0.25, 0.3) is 0 Å². The van der Waals surface area contributed by atoms with Crippen molar-refractivity contribution < 1.29 is 9.31 Å². The third kappa shape index (κ3) is 1.72. The Bertz CT molecular complexity index is 552. The molecule has 0 bridgehead atoms. The first-order valence-corrected chi connectivity index (χ1v) is 4.63. The third-order valence-electron chi connectivity index (χ3n) is 2.15.